The van der Waals surface area contributed by atoms with Crippen molar-refractivity contribution in [2.75, 3.05) is 0 Å². The molecule has 0 unspecified atom stereocenters. The first-order chi connectivity index (χ1) is 15.6. The van der Waals surface area contributed by atoms with E-state index in [9.17, 15) is 0 Å². The molecule has 0 aliphatic heterocycles. The molecule has 0 aliphatic carbocycles. The zero-order chi connectivity index (χ0) is 23.7. The second kappa shape index (κ2) is 7.56. The van der Waals surface area contributed by atoms with Crippen LogP contribution in [0.3, 0.4) is 0 Å². The minimum Gasteiger partial charge on any atom is -0.455 e. The Morgan fingerprint density at radius 2 is 1.61 bits per heavy atom. The first-order valence-corrected chi connectivity index (χ1v) is 15.5. The van der Waals surface area contributed by atoms with Gasteiger partial charge in [-0.15, -0.1) is 0 Å². The molecule has 168 valence electrons. The molecule has 0 saturated heterocycles. The van der Waals surface area contributed by atoms with Crippen LogP contribution in [0.1, 0.15) is 36.5 Å². The van der Waals surface area contributed by atoms with Gasteiger partial charge in [-0.25, -0.2) is 0 Å². The zero-order valence-electron chi connectivity index (χ0n) is 21.1. The van der Waals surface area contributed by atoms with Gasteiger partial charge in [0, 0.05) is 28.3 Å². The van der Waals surface area contributed by atoms with Crippen LogP contribution in [0.15, 0.2) is 59.0 Å². The molecule has 2 heterocycles. The molecule has 0 atom stereocenters. The number of rotatable bonds is 3. The third-order valence-corrected chi connectivity index (χ3v) is 9.31. The van der Waals surface area contributed by atoms with Crippen LogP contribution in [0, 0.1) is 13.8 Å². The van der Waals surface area contributed by atoms with Crippen molar-refractivity contribution in [3.8, 4) is 11.3 Å². The van der Waals surface area contributed by atoms with Gasteiger partial charge in [-0.3, -0.25) is 0 Å². The van der Waals surface area contributed by atoms with Crippen molar-refractivity contribution in [1.29, 1.82) is 0 Å². The van der Waals surface area contributed by atoms with Gasteiger partial charge in [0.05, 0.1) is 13.6 Å². The Morgan fingerprint density at radius 3 is 2.30 bits per heavy atom. The van der Waals surface area contributed by atoms with Crippen LogP contribution in [0.4, 0.5) is 0 Å². The first-order valence-electron chi connectivity index (χ1n) is 12.0. The van der Waals surface area contributed by atoms with E-state index in [2.05, 4.69) is 114 Å². The van der Waals surface area contributed by atoms with Gasteiger partial charge in [-0.1, -0.05) is 56.9 Å². The SMILES string of the molecule is Cc1cc2c(oc3cc(C(C)C)ccc32)c(-c2ccc3cc([Si](C)(C)C)ccc3[n+]2C)c1C. The number of nitrogens with zero attached hydrogens (tertiary/aromatic N) is 1. The molecule has 0 aliphatic rings. The molecule has 2 aromatic heterocycles. The molecule has 5 aromatic rings. The molecule has 0 amide bonds. The standard InChI is InChI=1S/C30H34NOSi/c1-18(2)21-9-12-24-25-15-19(3)20(4)29(30(25)32-28(24)17-21)27-13-10-22-16-23(33(6,7)8)11-14-26(22)31(27)5/h9-18H,1-8H3/q+1. The van der Waals surface area contributed by atoms with Crippen LogP contribution < -0.4 is 9.75 Å². The Balaban J connectivity index is 1.81. The second-order valence-electron chi connectivity index (χ2n) is 10.9. The molecule has 3 heteroatoms. The predicted octanol–water partition coefficient (Wildman–Crippen LogP) is 7.52. The van der Waals surface area contributed by atoms with Crippen molar-refractivity contribution in [2.45, 2.75) is 53.3 Å². The molecule has 0 saturated carbocycles. The monoisotopic (exact) mass is 452 g/mol. The molecule has 0 bridgehead atoms. The van der Waals surface area contributed by atoms with E-state index in [0.29, 0.717) is 5.92 Å². The average Bonchev–Trinajstić information content (AvgIpc) is 3.12. The van der Waals surface area contributed by atoms with Gasteiger partial charge in [0.2, 0.25) is 11.2 Å². The van der Waals surface area contributed by atoms with E-state index in [1.54, 1.807) is 0 Å². The first kappa shape index (κ1) is 21.9. The normalized spacial score (nSPS) is 12.5. The summed E-state index contributed by atoms with van der Waals surface area (Å²) in [5, 5.41) is 5.19. The van der Waals surface area contributed by atoms with Crippen molar-refractivity contribution in [1.82, 2.24) is 0 Å². The van der Waals surface area contributed by atoms with E-state index in [1.165, 1.54) is 54.8 Å². The van der Waals surface area contributed by atoms with Gasteiger partial charge in [0.25, 0.3) is 0 Å². The molecule has 33 heavy (non-hydrogen) atoms. The topological polar surface area (TPSA) is 17.0 Å². The summed E-state index contributed by atoms with van der Waals surface area (Å²) in [7, 11) is 0.825. The van der Waals surface area contributed by atoms with E-state index in [1.807, 2.05) is 0 Å². The lowest BCUT2D eigenvalue weighted by atomic mass is 9.95. The quantitative estimate of drug-likeness (QED) is 0.204. The summed E-state index contributed by atoms with van der Waals surface area (Å²) in [4.78, 5) is 0. The fourth-order valence-electron chi connectivity index (χ4n) is 4.94. The zero-order valence-corrected chi connectivity index (χ0v) is 22.1. The van der Waals surface area contributed by atoms with E-state index in [0.717, 1.165) is 11.2 Å². The molecular weight excluding hydrogens is 418 g/mol. The van der Waals surface area contributed by atoms with Crippen LogP contribution in [0.25, 0.3) is 44.1 Å². The highest BCUT2D eigenvalue weighted by atomic mass is 28.3. The maximum absolute atomic E-state index is 6.59. The summed E-state index contributed by atoms with van der Waals surface area (Å²) >= 11 is 0. The Morgan fingerprint density at radius 1 is 0.848 bits per heavy atom. The number of furan rings is 1. The molecule has 3 aromatic carbocycles. The van der Waals surface area contributed by atoms with Gasteiger partial charge >= 0.3 is 0 Å². The van der Waals surface area contributed by atoms with Crippen molar-refractivity contribution in [3.05, 3.63) is 71.3 Å². The average molecular weight is 453 g/mol. The number of fused-ring (bicyclic) bond motifs is 4. The van der Waals surface area contributed by atoms with Gasteiger partial charge in [0.15, 0.2) is 0 Å². The second-order valence-corrected chi connectivity index (χ2v) is 16.0. The summed E-state index contributed by atoms with van der Waals surface area (Å²) in [5.41, 5.74) is 9.49. The fourth-order valence-corrected chi connectivity index (χ4v) is 6.12. The predicted molar refractivity (Wildman–Crippen MR) is 144 cm³/mol. The van der Waals surface area contributed by atoms with E-state index in [4.69, 9.17) is 4.42 Å². The minimum atomic E-state index is -1.35. The fraction of sp³-hybridized carbons (Fsp3) is 0.300. The summed E-state index contributed by atoms with van der Waals surface area (Å²) in [6.45, 7) is 16.1. The lowest BCUT2D eigenvalue weighted by Crippen LogP contribution is -2.38. The third kappa shape index (κ3) is 3.50. The van der Waals surface area contributed by atoms with E-state index in [-0.39, 0.29) is 0 Å². The minimum absolute atomic E-state index is 0.477. The summed E-state index contributed by atoms with van der Waals surface area (Å²) in [6, 6.07) is 20.5. The summed E-state index contributed by atoms with van der Waals surface area (Å²) in [5.74, 6) is 0.477. The highest BCUT2D eigenvalue weighted by Crippen LogP contribution is 2.39. The Kier molecular flexibility index (Phi) is 5.02. The third-order valence-electron chi connectivity index (χ3n) is 7.27. The number of hydrogen-bond acceptors (Lipinski definition) is 1. The van der Waals surface area contributed by atoms with Crippen molar-refractivity contribution >= 4 is 46.1 Å². The summed E-state index contributed by atoms with van der Waals surface area (Å²) < 4.78 is 8.92. The van der Waals surface area contributed by atoms with Crippen LogP contribution in [0.5, 0.6) is 0 Å². The number of benzene rings is 3. The van der Waals surface area contributed by atoms with Crippen molar-refractivity contribution < 1.29 is 8.98 Å². The van der Waals surface area contributed by atoms with Crippen LogP contribution in [0.2, 0.25) is 19.6 Å². The van der Waals surface area contributed by atoms with Crippen LogP contribution in [-0.4, -0.2) is 8.07 Å². The van der Waals surface area contributed by atoms with Crippen molar-refractivity contribution in [3.63, 3.8) is 0 Å². The number of pyridine rings is 1. The van der Waals surface area contributed by atoms with E-state index < -0.39 is 8.07 Å². The largest absolute Gasteiger partial charge is 0.455 e. The number of aromatic nitrogens is 1. The smallest absolute Gasteiger partial charge is 0.216 e. The lowest BCUT2D eigenvalue weighted by molar-refractivity contribution is -0.633. The van der Waals surface area contributed by atoms with Crippen molar-refractivity contribution in [2.24, 2.45) is 7.05 Å². The molecule has 0 radical (unpaired) electrons. The Labute approximate surface area is 197 Å². The highest BCUT2D eigenvalue weighted by Gasteiger charge is 2.24. The molecule has 2 nitrogen and oxygen atoms in total. The maximum Gasteiger partial charge on any atom is 0.216 e. The molecule has 0 fully saturated rings. The lowest BCUT2D eigenvalue weighted by Gasteiger charge is -2.17. The Hall–Kier alpha value is -2.91. The number of hydrogen-bond donors (Lipinski definition) is 0. The van der Waals surface area contributed by atoms with Gasteiger partial charge < -0.3 is 4.42 Å². The summed E-state index contributed by atoms with van der Waals surface area (Å²) in [6.07, 6.45) is 0. The molecule has 0 spiro atoms. The van der Waals surface area contributed by atoms with Crippen LogP contribution >= 0.6 is 0 Å². The molecular formula is C30H34NOSi+. The highest BCUT2D eigenvalue weighted by molar-refractivity contribution is 6.88. The molecule has 5 rings (SSSR count). The number of aryl methyl sites for hydroxylation is 2. The van der Waals surface area contributed by atoms with Gasteiger partial charge in [0.1, 0.15) is 18.2 Å². The molecule has 0 N–H and O–H groups in total. The van der Waals surface area contributed by atoms with Gasteiger partial charge in [-0.2, -0.15) is 4.57 Å². The van der Waals surface area contributed by atoms with Crippen LogP contribution in [-0.2, 0) is 7.05 Å². The maximum atomic E-state index is 6.59. The Bertz CT molecular complexity index is 1550. The van der Waals surface area contributed by atoms with E-state index >= 15 is 0 Å². The van der Waals surface area contributed by atoms with Gasteiger partial charge in [-0.05, 0) is 60.7 Å².